The molecule has 2 rings (SSSR count). The molecule has 0 saturated carbocycles. The van der Waals surface area contributed by atoms with E-state index in [0.717, 1.165) is 19.3 Å². The minimum absolute atomic E-state index is 0.231. The van der Waals surface area contributed by atoms with Gasteiger partial charge in [-0.1, -0.05) is 30.3 Å². The first-order chi connectivity index (χ1) is 5.90. The Labute approximate surface area is 72.6 Å². The first-order valence-corrected chi connectivity index (χ1v) is 4.47. The Balaban J connectivity index is 1.94. The number of nitrogens with zero attached hydrogens (tertiary/aromatic N) is 1. The summed E-state index contributed by atoms with van der Waals surface area (Å²) < 4.78 is 0. The molecular weight excluding hydrogens is 150 g/mol. The molecule has 0 aromatic rings. The van der Waals surface area contributed by atoms with Gasteiger partial charge in [-0.25, -0.2) is 0 Å². The third kappa shape index (κ3) is 1.29. The Hall–Kier alpha value is -1.05. The summed E-state index contributed by atoms with van der Waals surface area (Å²) in [5.74, 6) is 0. The van der Waals surface area contributed by atoms with Crippen LogP contribution in [0, 0.1) is 0 Å². The Bertz CT molecular complexity index is 263. The van der Waals surface area contributed by atoms with Gasteiger partial charge in [0.1, 0.15) is 0 Å². The van der Waals surface area contributed by atoms with Crippen LogP contribution in [0.3, 0.4) is 0 Å². The van der Waals surface area contributed by atoms with E-state index in [0.29, 0.717) is 0 Å². The van der Waals surface area contributed by atoms with Gasteiger partial charge in [0, 0.05) is 6.42 Å². The highest BCUT2D eigenvalue weighted by molar-refractivity contribution is 5.85. The van der Waals surface area contributed by atoms with Gasteiger partial charge in [-0.2, -0.15) is 0 Å². The van der Waals surface area contributed by atoms with E-state index in [2.05, 4.69) is 30.3 Å². The minimum Gasteiger partial charge on any atom is -0.388 e. The van der Waals surface area contributed by atoms with Gasteiger partial charge in [0.2, 0.25) is 0 Å². The van der Waals surface area contributed by atoms with Crippen LogP contribution in [0.15, 0.2) is 29.0 Å². The van der Waals surface area contributed by atoms with Crippen molar-refractivity contribution < 1.29 is 4.84 Å². The van der Waals surface area contributed by atoms with Gasteiger partial charge in [0.05, 0.1) is 5.71 Å². The van der Waals surface area contributed by atoms with Crippen molar-refractivity contribution in [1.82, 2.24) is 0 Å². The van der Waals surface area contributed by atoms with Crippen molar-refractivity contribution in [1.29, 1.82) is 0 Å². The third-order valence-electron chi connectivity index (χ3n) is 2.35. The SMILES string of the molecule is CCC1=NOC(C2=CC=CC2)C1. The lowest BCUT2D eigenvalue weighted by molar-refractivity contribution is 0.110. The molecule has 0 fully saturated rings. The van der Waals surface area contributed by atoms with Crippen molar-refractivity contribution in [2.75, 3.05) is 0 Å². The molecule has 0 bridgehead atoms. The molecule has 2 heteroatoms. The molecule has 1 unspecified atom stereocenters. The van der Waals surface area contributed by atoms with Crippen molar-refractivity contribution >= 4 is 5.71 Å². The molecule has 0 saturated heterocycles. The van der Waals surface area contributed by atoms with Crippen LogP contribution in [0.4, 0.5) is 0 Å². The second-order valence-corrected chi connectivity index (χ2v) is 3.18. The number of hydrogen-bond donors (Lipinski definition) is 0. The zero-order valence-corrected chi connectivity index (χ0v) is 7.29. The van der Waals surface area contributed by atoms with Crippen LogP contribution in [0.1, 0.15) is 26.2 Å². The second kappa shape index (κ2) is 3.13. The smallest absolute Gasteiger partial charge is 0.154 e. The van der Waals surface area contributed by atoms with E-state index >= 15 is 0 Å². The minimum atomic E-state index is 0.231. The molecule has 0 amide bonds. The lowest BCUT2D eigenvalue weighted by Gasteiger charge is -2.08. The molecule has 0 N–H and O–H groups in total. The molecule has 1 aliphatic carbocycles. The van der Waals surface area contributed by atoms with Gasteiger partial charge in [-0.05, 0) is 18.4 Å². The van der Waals surface area contributed by atoms with E-state index in [1.807, 2.05) is 0 Å². The fraction of sp³-hybridized carbons (Fsp3) is 0.500. The maximum absolute atomic E-state index is 5.32. The van der Waals surface area contributed by atoms with Crippen LogP contribution >= 0.6 is 0 Å². The fourth-order valence-electron chi connectivity index (χ4n) is 1.54. The van der Waals surface area contributed by atoms with E-state index < -0.39 is 0 Å². The molecule has 0 aromatic carbocycles. The summed E-state index contributed by atoms with van der Waals surface area (Å²) in [7, 11) is 0. The van der Waals surface area contributed by atoms with Crippen LogP contribution in [-0.2, 0) is 4.84 Å². The van der Waals surface area contributed by atoms with Gasteiger partial charge < -0.3 is 4.84 Å². The zero-order valence-electron chi connectivity index (χ0n) is 7.29. The molecule has 0 aromatic heterocycles. The largest absolute Gasteiger partial charge is 0.388 e. The summed E-state index contributed by atoms with van der Waals surface area (Å²) in [5, 5.41) is 4.03. The van der Waals surface area contributed by atoms with Gasteiger partial charge in [-0.3, -0.25) is 0 Å². The van der Waals surface area contributed by atoms with E-state index in [1.165, 1.54) is 11.3 Å². The van der Waals surface area contributed by atoms with Crippen molar-refractivity contribution in [2.45, 2.75) is 32.3 Å². The van der Waals surface area contributed by atoms with Crippen LogP contribution in [-0.4, -0.2) is 11.8 Å². The van der Waals surface area contributed by atoms with Crippen LogP contribution in [0.25, 0.3) is 0 Å². The van der Waals surface area contributed by atoms with E-state index in [4.69, 9.17) is 4.84 Å². The van der Waals surface area contributed by atoms with Crippen molar-refractivity contribution in [3.63, 3.8) is 0 Å². The first-order valence-electron chi connectivity index (χ1n) is 4.47. The van der Waals surface area contributed by atoms with Crippen LogP contribution in [0.2, 0.25) is 0 Å². The molecule has 64 valence electrons. The van der Waals surface area contributed by atoms with Crippen LogP contribution < -0.4 is 0 Å². The van der Waals surface area contributed by atoms with E-state index in [9.17, 15) is 0 Å². The maximum atomic E-state index is 5.32. The highest BCUT2D eigenvalue weighted by Gasteiger charge is 2.23. The molecule has 1 aliphatic heterocycles. The van der Waals surface area contributed by atoms with Crippen molar-refractivity contribution in [3.05, 3.63) is 23.8 Å². The predicted molar refractivity (Wildman–Crippen MR) is 49.1 cm³/mol. The first kappa shape index (κ1) is 7.59. The summed E-state index contributed by atoms with van der Waals surface area (Å²) in [6.07, 6.45) is 9.65. The average Bonchev–Trinajstić information content (AvgIpc) is 2.75. The highest BCUT2D eigenvalue weighted by Crippen LogP contribution is 2.24. The van der Waals surface area contributed by atoms with E-state index in [-0.39, 0.29) is 6.10 Å². The Morgan fingerprint density at radius 1 is 1.67 bits per heavy atom. The highest BCUT2D eigenvalue weighted by atomic mass is 16.6. The van der Waals surface area contributed by atoms with Gasteiger partial charge in [0.25, 0.3) is 0 Å². The number of allylic oxidation sites excluding steroid dienone is 3. The molecule has 1 heterocycles. The summed E-state index contributed by atoms with van der Waals surface area (Å²) in [6, 6.07) is 0. The van der Waals surface area contributed by atoms with Gasteiger partial charge >= 0.3 is 0 Å². The molecule has 2 aliphatic rings. The summed E-state index contributed by atoms with van der Waals surface area (Å²) in [5.41, 5.74) is 2.55. The summed E-state index contributed by atoms with van der Waals surface area (Å²) in [4.78, 5) is 5.32. The Morgan fingerprint density at radius 3 is 3.17 bits per heavy atom. The molecule has 2 nitrogen and oxygen atoms in total. The van der Waals surface area contributed by atoms with Crippen LogP contribution in [0.5, 0.6) is 0 Å². The number of oxime groups is 1. The Kier molecular flexibility index (Phi) is 1.98. The maximum Gasteiger partial charge on any atom is 0.154 e. The number of hydrogen-bond acceptors (Lipinski definition) is 2. The molecular formula is C10H13NO. The van der Waals surface area contributed by atoms with Gasteiger partial charge in [-0.15, -0.1) is 0 Å². The van der Waals surface area contributed by atoms with E-state index in [1.54, 1.807) is 0 Å². The third-order valence-corrected chi connectivity index (χ3v) is 2.35. The van der Waals surface area contributed by atoms with Crippen molar-refractivity contribution in [3.8, 4) is 0 Å². The number of rotatable bonds is 2. The zero-order chi connectivity index (χ0) is 8.39. The molecule has 1 atom stereocenters. The summed E-state index contributed by atoms with van der Waals surface area (Å²) >= 11 is 0. The average molecular weight is 163 g/mol. The second-order valence-electron chi connectivity index (χ2n) is 3.18. The lowest BCUT2D eigenvalue weighted by Crippen LogP contribution is -2.09. The predicted octanol–water partition coefficient (Wildman–Crippen LogP) is 2.43. The topological polar surface area (TPSA) is 21.6 Å². The molecule has 12 heavy (non-hydrogen) atoms. The summed E-state index contributed by atoms with van der Waals surface area (Å²) in [6.45, 7) is 2.12. The monoisotopic (exact) mass is 163 g/mol. The normalized spacial score (nSPS) is 26.9. The fourth-order valence-corrected chi connectivity index (χ4v) is 1.54. The standard InChI is InChI=1S/C10H13NO/c1-2-9-7-10(12-11-9)8-5-3-4-6-8/h3-5,10H,2,6-7H2,1H3. The lowest BCUT2D eigenvalue weighted by atomic mass is 10.0. The van der Waals surface area contributed by atoms with Gasteiger partial charge in [0.15, 0.2) is 6.10 Å². The molecule has 0 spiro atoms. The van der Waals surface area contributed by atoms with Crippen molar-refractivity contribution in [2.24, 2.45) is 5.16 Å². The molecule has 0 radical (unpaired) electrons. The quantitative estimate of drug-likeness (QED) is 0.612. The Morgan fingerprint density at radius 2 is 2.58 bits per heavy atom.